The van der Waals surface area contributed by atoms with Gasteiger partial charge in [0.15, 0.2) is 0 Å². The van der Waals surface area contributed by atoms with E-state index in [0.29, 0.717) is 17.4 Å². The first kappa shape index (κ1) is 14.0. The molecule has 3 nitrogen and oxygen atoms in total. The van der Waals surface area contributed by atoms with Crippen molar-refractivity contribution in [3.8, 4) is 0 Å². The molecule has 0 aromatic rings. The van der Waals surface area contributed by atoms with Crippen LogP contribution in [0.15, 0.2) is 0 Å². The van der Waals surface area contributed by atoms with Crippen LogP contribution < -0.4 is 5.73 Å². The molecule has 1 aliphatic heterocycles. The molecule has 118 valence electrons. The maximum Gasteiger partial charge on any atom is 0.225 e. The van der Waals surface area contributed by atoms with Crippen molar-refractivity contribution in [1.29, 1.82) is 0 Å². The largest absolute Gasteiger partial charge is 0.342 e. The minimum atomic E-state index is 0.280. The topological polar surface area (TPSA) is 46.3 Å². The Hall–Kier alpha value is -0.570. The van der Waals surface area contributed by atoms with Gasteiger partial charge in [-0.3, -0.25) is 4.79 Å². The number of amides is 1. The summed E-state index contributed by atoms with van der Waals surface area (Å²) in [7, 11) is 0. The SMILES string of the molecule is N[C@@H]1[C@@H]2CC[C@@H](C2)[C@]12CCC[C@@H](C(=O)N1CCCCC1)C2. The van der Waals surface area contributed by atoms with Crippen molar-refractivity contribution in [1.82, 2.24) is 4.90 Å². The fourth-order valence-electron chi connectivity index (χ4n) is 6.20. The van der Waals surface area contributed by atoms with Gasteiger partial charge < -0.3 is 10.6 Å². The van der Waals surface area contributed by atoms with Crippen LogP contribution in [0.3, 0.4) is 0 Å². The molecular formula is C18H30N2O. The van der Waals surface area contributed by atoms with Crippen LogP contribution in [0.25, 0.3) is 0 Å². The lowest BCUT2D eigenvalue weighted by Gasteiger charge is -2.48. The van der Waals surface area contributed by atoms with E-state index in [1.54, 1.807) is 0 Å². The summed E-state index contributed by atoms with van der Waals surface area (Å²) in [5.41, 5.74) is 6.98. The van der Waals surface area contributed by atoms with E-state index in [2.05, 4.69) is 4.90 Å². The van der Waals surface area contributed by atoms with Crippen LogP contribution in [0.1, 0.15) is 64.2 Å². The summed E-state index contributed by atoms with van der Waals surface area (Å²) in [5, 5.41) is 0. The van der Waals surface area contributed by atoms with E-state index in [1.807, 2.05) is 0 Å². The summed E-state index contributed by atoms with van der Waals surface area (Å²) in [6.45, 7) is 2.00. The van der Waals surface area contributed by atoms with Gasteiger partial charge in [-0.1, -0.05) is 6.42 Å². The van der Waals surface area contributed by atoms with E-state index in [9.17, 15) is 4.79 Å². The molecular weight excluding hydrogens is 260 g/mol. The molecule has 0 radical (unpaired) electrons. The highest BCUT2D eigenvalue weighted by Crippen LogP contribution is 2.61. The van der Waals surface area contributed by atoms with Gasteiger partial charge in [0.05, 0.1) is 0 Å². The third-order valence-corrected chi connectivity index (χ3v) is 7.30. The number of rotatable bonds is 1. The number of hydrogen-bond donors (Lipinski definition) is 1. The first-order valence-electron chi connectivity index (χ1n) is 9.25. The lowest BCUT2D eigenvalue weighted by molar-refractivity contribution is -0.140. The highest BCUT2D eigenvalue weighted by Gasteiger charge is 2.58. The normalized spacial score (nSPS) is 46.2. The van der Waals surface area contributed by atoms with Gasteiger partial charge in [-0.2, -0.15) is 0 Å². The number of nitrogens with zero attached hydrogens (tertiary/aromatic N) is 1. The molecule has 21 heavy (non-hydrogen) atoms. The molecule has 0 aromatic carbocycles. The van der Waals surface area contributed by atoms with Crippen LogP contribution in [0, 0.1) is 23.2 Å². The average Bonchev–Trinajstić information content (AvgIpc) is 3.11. The lowest BCUT2D eigenvalue weighted by Crippen LogP contribution is -2.51. The fraction of sp³-hybridized carbons (Fsp3) is 0.944. The summed E-state index contributed by atoms with van der Waals surface area (Å²) in [4.78, 5) is 15.0. The molecule has 1 heterocycles. The van der Waals surface area contributed by atoms with Crippen LogP contribution in [-0.2, 0) is 4.79 Å². The maximum absolute atomic E-state index is 12.9. The van der Waals surface area contributed by atoms with Crippen molar-refractivity contribution in [2.45, 2.75) is 70.3 Å². The van der Waals surface area contributed by atoms with Crippen molar-refractivity contribution in [2.75, 3.05) is 13.1 Å². The predicted octanol–water partition coefficient (Wildman–Crippen LogP) is 2.93. The van der Waals surface area contributed by atoms with Gasteiger partial charge in [0, 0.05) is 25.0 Å². The Morgan fingerprint density at radius 3 is 2.57 bits per heavy atom. The number of piperidine rings is 1. The van der Waals surface area contributed by atoms with Crippen LogP contribution in [0.2, 0.25) is 0 Å². The monoisotopic (exact) mass is 290 g/mol. The summed E-state index contributed by atoms with van der Waals surface area (Å²) >= 11 is 0. The van der Waals surface area contributed by atoms with Gasteiger partial charge >= 0.3 is 0 Å². The molecule has 0 unspecified atom stereocenters. The molecule has 3 saturated carbocycles. The zero-order valence-corrected chi connectivity index (χ0v) is 13.2. The molecule has 1 amide bonds. The average molecular weight is 290 g/mol. The zero-order chi connectivity index (χ0) is 14.4. The molecule has 2 bridgehead atoms. The minimum Gasteiger partial charge on any atom is -0.342 e. The summed E-state index contributed by atoms with van der Waals surface area (Å²) in [5.74, 6) is 2.33. The quantitative estimate of drug-likeness (QED) is 0.807. The maximum atomic E-state index is 12.9. The first-order chi connectivity index (χ1) is 10.2. The van der Waals surface area contributed by atoms with Gasteiger partial charge in [0.2, 0.25) is 5.91 Å². The number of likely N-dealkylation sites (tertiary alicyclic amines) is 1. The molecule has 1 spiro atoms. The van der Waals surface area contributed by atoms with E-state index in [1.165, 1.54) is 51.4 Å². The van der Waals surface area contributed by atoms with E-state index in [4.69, 9.17) is 5.73 Å². The Morgan fingerprint density at radius 1 is 1.05 bits per heavy atom. The van der Waals surface area contributed by atoms with Crippen molar-refractivity contribution in [3.05, 3.63) is 0 Å². The van der Waals surface area contributed by atoms with Crippen molar-refractivity contribution in [2.24, 2.45) is 28.9 Å². The highest BCUT2D eigenvalue weighted by molar-refractivity contribution is 5.79. The van der Waals surface area contributed by atoms with Gasteiger partial charge in [-0.05, 0) is 75.0 Å². The van der Waals surface area contributed by atoms with Crippen molar-refractivity contribution in [3.63, 3.8) is 0 Å². The van der Waals surface area contributed by atoms with Crippen molar-refractivity contribution < 1.29 is 4.79 Å². The van der Waals surface area contributed by atoms with Crippen LogP contribution in [0.5, 0.6) is 0 Å². The van der Waals surface area contributed by atoms with Crippen LogP contribution in [-0.4, -0.2) is 29.9 Å². The third-order valence-electron chi connectivity index (χ3n) is 7.30. The molecule has 2 N–H and O–H groups in total. The molecule has 4 fully saturated rings. The zero-order valence-electron chi connectivity index (χ0n) is 13.2. The Balaban J connectivity index is 1.49. The second-order valence-corrected chi connectivity index (χ2v) is 8.21. The lowest BCUT2D eigenvalue weighted by atomic mass is 9.59. The molecule has 5 atom stereocenters. The van der Waals surface area contributed by atoms with E-state index in [-0.39, 0.29) is 5.92 Å². The number of carbonyl (C=O) groups excluding carboxylic acids is 1. The predicted molar refractivity (Wildman–Crippen MR) is 83.6 cm³/mol. The molecule has 0 aromatic heterocycles. The number of nitrogens with two attached hydrogens (primary N) is 1. The molecule has 4 rings (SSSR count). The smallest absolute Gasteiger partial charge is 0.225 e. The van der Waals surface area contributed by atoms with Gasteiger partial charge in [-0.15, -0.1) is 0 Å². The highest BCUT2D eigenvalue weighted by atomic mass is 16.2. The Bertz CT molecular complexity index is 413. The molecule has 4 aliphatic rings. The summed E-state index contributed by atoms with van der Waals surface area (Å²) in [6.07, 6.45) is 12.5. The molecule has 3 heteroatoms. The summed E-state index contributed by atoms with van der Waals surface area (Å²) < 4.78 is 0. The Kier molecular flexibility index (Phi) is 3.52. The third kappa shape index (κ3) is 2.15. The van der Waals surface area contributed by atoms with Crippen molar-refractivity contribution >= 4 is 5.91 Å². The number of carbonyl (C=O) groups is 1. The minimum absolute atomic E-state index is 0.280. The standard InChI is InChI=1S/C18H30N2O/c19-16-13-6-7-15(11-13)18(16)8-4-5-14(12-18)17(21)20-9-2-1-3-10-20/h13-16H,1-12,19H2/t13-,14-,15+,16-,18-/m1/s1. The van der Waals surface area contributed by atoms with Gasteiger partial charge in [0.1, 0.15) is 0 Å². The van der Waals surface area contributed by atoms with Crippen LogP contribution >= 0.6 is 0 Å². The molecule has 1 saturated heterocycles. The van der Waals surface area contributed by atoms with Gasteiger partial charge in [-0.25, -0.2) is 0 Å². The van der Waals surface area contributed by atoms with E-state index < -0.39 is 0 Å². The van der Waals surface area contributed by atoms with E-state index >= 15 is 0 Å². The molecule has 3 aliphatic carbocycles. The number of fused-ring (bicyclic) bond motifs is 3. The number of hydrogen-bond acceptors (Lipinski definition) is 2. The van der Waals surface area contributed by atoms with E-state index in [0.717, 1.165) is 37.8 Å². The Morgan fingerprint density at radius 2 is 1.86 bits per heavy atom. The summed E-state index contributed by atoms with van der Waals surface area (Å²) in [6, 6.07) is 0.383. The fourth-order valence-corrected chi connectivity index (χ4v) is 6.20. The second-order valence-electron chi connectivity index (χ2n) is 8.21. The Labute approximate surface area is 128 Å². The second kappa shape index (κ2) is 5.26. The van der Waals surface area contributed by atoms with Crippen LogP contribution in [0.4, 0.5) is 0 Å². The van der Waals surface area contributed by atoms with Gasteiger partial charge in [0.25, 0.3) is 0 Å². The first-order valence-corrected chi connectivity index (χ1v) is 9.25.